The first-order valence-corrected chi connectivity index (χ1v) is 13.5. The molecule has 1 aromatic carbocycles. The van der Waals surface area contributed by atoms with Gasteiger partial charge in [-0.2, -0.15) is 5.10 Å². The zero-order valence-corrected chi connectivity index (χ0v) is 20.9. The first kappa shape index (κ1) is 26.4. The molecule has 1 N–H and O–H groups in total. The Hall–Kier alpha value is -1.86. The fourth-order valence-corrected chi connectivity index (χ4v) is 5.48. The van der Waals surface area contributed by atoms with Gasteiger partial charge in [0.2, 0.25) is 14.9 Å². The molecule has 1 heterocycles. The van der Waals surface area contributed by atoms with Gasteiger partial charge in [0.15, 0.2) is 5.75 Å². The zero-order chi connectivity index (χ0) is 23.7. The van der Waals surface area contributed by atoms with Crippen molar-refractivity contribution >= 4 is 21.4 Å². The number of aromatic nitrogens is 2. The minimum Gasteiger partial charge on any atom is -0.504 e. The summed E-state index contributed by atoms with van der Waals surface area (Å²) < 4.78 is 26.8. The average molecular weight is 483 g/mol. The third-order valence-corrected chi connectivity index (χ3v) is 7.63. The van der Waals surface area contributed by atoms with Gasteiger partial charge < -0.3 is 5.11 Å². The molecule has 0 radical (unpaired) electrons. The van der Waals surface area contributed by atoms with Crippen LogP contribution in [0.1, 0.15) is 76.7 Å². The summed E-state index contributed by atoms with van der Waals surface area (Å²) in [4.78, 5) is 12.7. The van der Waals surface area contributed by atoms with Crippen LogP contribution in [0.2, 0.25) is 5.02 Å². The molecule has 0 aliphatic rings. The molecule has 1 aromatic heterocycles. The lowest BCUT2D eigenvalue weighted by Gasteiger charge is -2.13. The third-order valence-electron chi connectivity index (χ3n) is 5.71. The Kier molecular flexibility index (Phi) is 10.2. The molecule has 8 heteroatoms. The van der Waals surface area contributed by atoms with E-state index in [1.54, 1.807) is 25.1 Å². The van der Waals surface area contributed by atoms with E-state index in [1.165, 1.54) is 45.6 Å². The van der Waals surface area contributed by atoms with Crippen LogP contribution in [0.25, 0.3) is 11.1 Å². The predicted octanol–water partition coefficient (Wildman–Crippen LogP) is 5.81. The van der Waals surface area contributed by atoms with Crippen LogP contribution in [0, 0.1) is 6.92 Å². The summed E-state index contributed by atoms with van der Waals surface area (Å²) in [7, 11) is -2.45. The van der Waals surface area contributed by atoms with Crippen molar-refractivity contribution in [3.05, 3.63) is 39.1 Å². The number of hydrogen-bond acceptors (Lipinski definition) is 5. The number of unbranched alkanes of at least 4 members (excludes halogenated alkanes) is 9. The second-order valence-electron chi connectivity index (χ2n) is 8.42. The van der Waals surface area contributed by atoms with Crippen molar-refractivity contribution in [1.29, 1.82) is 0 Å². The van der Waals surface area contributed by atoms with E-state index in [0.717, 1.165) is 23.9 Å². The van der Waals surface area contributed by atoms with Gasteiger partial charge >= 0.3 is 0 Å². The zero-order valence-electron chi connectivity index (χ0n) is 19.4. The van der Waals surface area contributed by atoms with Crippen LogP contribution >= 0.6 is 11.6 Å². The predicted molar refractivity (Wildman–Crippen MR) is 130 cm³/mol. The number of aryl methyl sites for hydroxylation is 2. The Bertz CT molecular complexity index is 1060. The minimum atomic E-state index is -3.84. The molecule has 178 valence electrons. The van der Waals surface area contributed by atoms with Gasteiger partial charge in [-0.3, -0.25) is 4.79 Å². The topological polar surface area (TPSA) is 89.3 Å². The number of hydrogen-bond donors (Lipinski definition) is 1. The Morgan fingerprint density at radius 3 is 2.12 bits per heavy atom. The molecule has 0 spiro atoms. The Labute approximate surface area is 196 Å². The first-order chi connectivity index (χ1) is 15.2. The molecule has 2 aromatic rings. The molecular weight excluding hydrogens is 448 g/mol. The Morgan fingerprint density at radius 2 is 1.56 bits per heavy atom. The lowest BCUT2D eigenvalue weighted by molar-refractivity contribution is 0.440. The quantitative estimate of drug-likeness (QED) is 0.364. The molecule has 0 fully saturated rings. The van der Waals surface area contributed by atoms with E-state index in [0.29, 0.717) is 22.6 Å². The van der Waals surface area contributed by atoms with Gasteiger partial charge in [-0.1, -0.05) is 82.4 Å². The highest BCUT2D eigenvalue weighted by molar-refractivity contribution is 7.91. The fourth-order valence-electron chi connectivity index (χ4n) is 3.84. The van der Waals surface area contributed by atoms with Crippen LogP contribution in [-0.4, -0.2) is 29.1 Å². The summed E-state index contributed by atoms with van der Waals surface area (Å²) in [5, 5.41) is 14.7. The van der Waals surface area contributed by atoms with Crippen molar-refractivity contribution in [2.24, 2.45) is 7.05 Å². The van der Waals surface area contributed by atoms with Crippen LogP contribution < -0.4 is 5.56 Å². The van der Waals surface area contributed by atoms with Crippen LogP contribution in [-0.2, 0) is 16.9 Å². The molecule has 0 unspecified atom stereocenters. The molecule has 0 saturated heterocycles. The van der Waals surface area contributed by atoms with Crippen molar-refractivity contribution in [2.75, 3.05) is 5.75 Å². The maximum absolute atomic E-state index is 12.9. The van der Waals surface area contributed by atoms with Gasteiger partial charge in [0, 0.05) is 12.1 Å². The van der Waals surface area contributed by atoms with Crippen molar-refractivity contribution in [1.82, 2.24) is 9.78 Å². The average Bonchev–Trinajstić information content (AvgIpc) is 2.73. The van der Waals surface area contributed by atoms with Crippen LogP contribution in [0.5, 0.6) is 5.75 Å². The molecule has 2 rings (SSSR count). The summed E-state index contributed by atoms with van der Waals surface area (Å²) in [5.41, 5.74) is 0.462. The van der Waals surface area contributed by atoms with E-state index in [1.807, 2.05) is 0 Å². The highest BCUT2D eigenvalue weighted by Gasteiger charge is 2.27. The van der Waals surface area contributed by atoms with Crippen molar-refractivity contribution in [2.45, 2.75) is 83.1 Å². The highest BCUT2D eigenvalue weighted by Crippen LogP contribution is 2.34. The summed E-state index contributed by atoms with van der Waals surface area (Å²) in [6.45, 7) is 3.95. The minimum absolute atomic E-state index is 0.0710. The molecule has 0 aliphatic carbocycles. The van der Waals surface area contributed by atoms with E-state index in [-0.39, 0.29) is 11.3 Å². The molecule has 6 nitrogen and oxygen atoms in total. The lowest BCUT2D eigenvalue weighted by Crippen LogP contribution is -2.25. The van der Waals surface area contributed by atoms with Gasteiger partial charge in [0.05, 0.1) is 11.3 Å². The van der Waals surface area contributed by atoms with E-state index in [9.17, 15) is 18.3 Å². The van der Waals surface area contributed by atoms with Crippen LogP contribution in [0.15, 0.2) is 28.0 Å². The molecule has 32 heavy (non-hydrogen) atoms. The second kappa shape index (κ2) is 12.4. The number of aromatic hydroxyl groups is 1. The lowest BCUT2D eigenvalue weighted by atomic mass is 10.0. The second-order valence-corrected chi connectivity index (χ2v) is 10.9. The van der Waals surface area contributed by atoms with E-state index < -0.39 is 26.2 Å². The number of halogens is 1. The van der Waals surface area contributed by atoms with Crippen molar-refractivity contribution in [3.63, 3.8) is 0 Å². The van der Waals surface area contributed by atoms with Crippen LogP contribution in [0.4, 0.5) is 0 Å². The summed E-state index contributed by atoms with van der Waals surface area (Å²) in [5.74, 6) is -0.702. The number of nitrogens with zero attached hydrogens (tertiary/aromatic N) is 2. The number of rotatable bonds is 13. The normalized spacial score (nSPS) is 11.8. The van der Waals surface area contributed by atoms with Crippen molar-refractivity contribution in [3.8, 4) is 16.9 Å². The van der Waals surface area contributed by atoms with E-state index in [2.05, 4.69) is 12.0 Å². The molecule has 0 bridgehead atoms. The monoisotopic (exact) mass is 482 g/mol. The SMILES string of the molecule is CCCCCCCCCCCCS(=O)(=O)c1nn(C)c(=O)c(-c2ccc(Cl)cc2C)c1O. The Balaban J connectivity index is 2.06. The van der Waals surface area contributed by atoms with Crippen molar-refractivity contribution < 1.29 is 13.5 Å². The maximum atomic E-state index is 12.9. The molecule has 0 atom stereocenters. The molecule has 0 aliphatic heterocycles. The summed E-state index contributed by atoms with van der Waals surface area (Å²) in [6.07, 6.45) is 10.9. The molecule has 0 amide bonds. The third kappa shape index (κ3) is 7.07. The molecule has 0 saturated carbocycles. The van der Waals surface area contributed by atoms with Gasteiger partial charge in [-0.25, -0.2) is 13.1 Å². The molecular formula is C24H35ClN2O4S. The van der Waals surface area contributed by atoms with Gasteiger partial charge in [-0.15, -0.1) is 0 Å². The Morgan fingerprint density at radius 1 is 1.00 bits per heavy atom. The number of sulfone groups is 1. The maximum Gasteiger partial charge on any atom is 0.278 e. The summed E-state index contributed by atoms with van der Waals surface area (Å²) >= 11 is 6.00. The fraction of sp³-hybridized carbons (Fsp3) is 0.583. The van der Waals surface area contributed by atoms with Gasteiger partial charge in [0.1, 0.15) is 0 Å². The first-order valence-electron chi connectivity index (χ1n) is 11.5. The van der Waals surface area contributed by atoms with Gasteiger partial charge in [-0.05, 0) is 36.6 Å². The standard InChI is InChI=1S/C24H35ClN2O4S/c1-4-5-6-7-8-9-10-11-12-13-16-32(30,31)23-22(28)21(24(29)27(3)26-23)20-15-14-19(25)17-18(20)2/h14-15,17,28H,4-13,16H2,1-3H3. The van der Waals surface area contributed by atoms with E-state index >= 15 is 0 Å². The number of benzene rings is 1. The largest absolute Gasteiger partial charge is 0.504 e. The smallest absolute Gasteiger partial charge is 0.278 e. The summed E-state index contributed by atoms with van der Waals surface area (Å²) in [6, 6.07) is 4.86. The van der Waals surface area contributed by atoms with Gasteiger partial charge in [0.25, 0.3) is 5.56 Å². The van der Waals surface area contributed by atoms with Crippen LogP contribution in [0.3, 0.4) is 0 Å². The van der Waals surface area contributed by atoms with E-state index in [4.69, 9.17) is 11.6 Å². The highest BCUT2D eigenvalue weighted by atomic mass is 35.5.